The molecular formula is C42H39F2N7O8S. The van der Waals surface area contributed by atoms with Gasteiger partial charge in [-0.1, -0.05) is 36.4 Å². The van der Waals surface area contributed by atoms with E-state index < -0.39 is 73.6 Å². The van der Waals surface area contributed by atoms with E-state index in [1.54, 1.807) is 27.7 Å². The van der Waals surface area contributed by atoms with Crippen molar-refractivity contribution in [3.63, 3.8) is 0 Å². The maximum absolute atomic E-state index is 15.4. The predicted molar refractivity (Wildman–Crippen MR) is 218 cm³/mol. The zero-order chi connectivity index (χ0) is 43.5. The standard InChI is InChI=1S/C42H39F2N7O8S/c1-24(2)59-39(54)34(19-25-11-16-36(46-22-25)51-38(53)29-17-18-45-23-35(29)50(5)41(51)56)48-37(52)30-20-32(44)33(21-31(30)43)49-60(57,58)28-14-12-27(13-15-28)47-40(55)42(3,4)26-9-7-6-8-10-26/h6-18,20-24,34,49H,19H2,1-5H3,(H,47,55)(H,48,52)/t34-/m0/s1. The number of fused-ring (bicyclic) bond motifs is 1. The number of nitrogens with zero attached hydrogens (tertiary/aromatic N) is 4. The fourth-order valence-corrected chi connectivity index (χ4v) is 7.20. The van der Waals surface area contributed by atoms with Gasteiger partial charge in [-0.15, -0.1) is 0 Å². The van der Waals surface area contributed by atoms with Crippen LogP contribution < -0.4 is 26.6 Å². The molecule has 0 fully saturated rings. The molecule has 0 aliphatic carbocycles. The van der Waals surface area contributed by atoms with Gasteiger partial charge in [0.05, 0.1) is 44.8 Å². The van der Waals surface area contributed by atoms with Crippen molar-refractivity contribution in [1.29, 1.82) is 0 Å². The lowest BCUT2D eigenvalue weighted by molar-refractivity contribution is -0.149. The second kappa shape index (κ2) is 17.0. The Morgan fingerprint density at radius 3 is 2.25 bits per heavy atom. The molecule has 0 spiro atoms. The van der Waals surface area contributed by atoms with Gasteiger partial charge in [-0.05, 0) is 81.3 Å². The number of aryl methyl sites for hydroxylation is 1. The van der Waals surface area contributed by atoms with E-state index in [4.69, 9.17) is 4.74 Å². The van der Waals surface area contributed by atoms with Crippen LogP contribution in [0.1, 0.15) is 49.2 Å². The summed E-state index contributed by atoms with van der Waals surface area (Å²) in [6.07, 6.45) is 3.20. The monoisotopic (exact) mass is 839 g/mol. The Bertz CT molecular complexity index is 2850. The molecule has 3 aromatic heterocycles. The second-order valence-electron chi connectivity index (χ2n) is 14.5. The minimum atomic E-state index is -4.49. The molecule has 15 nitrogen and oxygen atoms in total. The Morgan fingerprint density at radius 2 is 1.60 bits per heavy atom. The number of nitrogens with one attached hydrogen (secondary N) is 3. The number of rotatable bonds is 13. The molecule has 0 saturated heterocycles. The van der Waals surface area contributed by atoms with Crippen LogP contribution in [0.15, 0.2) is 118 Å². The van der Waals surface area contributed by atoms with E-state index in [1.807, 2.05) is 35.1 Å². The van der Waals surface area contributed by atoms with Crippen molar-refractivity contribution in [1.82, 2.24) is 24.4 Å². The second-order valence-corrected chi connectivity index (χ2v) is 16.2. The Morgan fingerprint density at radius 1 is 0.900 bits per heavy atom. The number of hydrogen-bond acceptors (Lipinski definition) is 10. The number of halogens is 2. The number of esters is 1. The van der Waals surface area contributed by atoms with Gasteiger partial charge in [0.2, 0.25) is 5.91 Å². The van der Waals surface area contributed by atoms with Gasteiger partial charge in [0, 0.05) is 37.6 Å². The minimum absolute atomic E-state index is 0.0224. The zero-order valence-corrected chi connectivity index (χ0v) is 33.7. The molecule has 6 rings (SSSR count). The first-order valence-corrected chi connectivity index (χ1v) is 19.9. The summed E-state index contributed by atoms with van der Waals surface area (Å²) < 4.78 is 66.6. The molecule has 0 unspecified atom stereocenters. The molecule has 60 heavy (non-hydrogen) atoms. The minimum Gasteiger partial charge on any atom is -0.461 e. The van der Waals surface area contributed by atoms with Crippen molar-refractivity contribution in [2.75, 3.05) is 10.0 Å². The number of ether oxygens (including phenoxy) is 1. The number of amides is 2. The van der Waals surface area contributed by atoms with E-state index in [2.05, 4.69) is 20.6 Å². The highest BCUT2D eigenvalue weighted by Gasteiger charge is 2.30. The predicted octanol–water partition coefficient (Wildman–Crippen LogP) is 4.77. The summed E-state index contributed by atoms with van der Waals surface area (Å²) in [5.74, 6) is -5.11. The zero-order valence-electron chi connectivity index (χ0n) is 32.9. The summed E-state index contributed by atoms with van der Waals surface area (Å²) >= 11 is 0. The third kappa shape index (κ3) is 8.97. The van der Waals surface area contributed by atoms with E-state index in [0.717, 1.165) is 10.1 Å². The average Bonchev–Trinajstić information content (AvgIpc) is 3.21. The van der Waals surface area contributed by atoms with Crippen LogP contribution in [0.5, 0.6) is 0 Å². The van der Waals surface area contributed by atoms with Crippen molar-refractivity contribution in [2.45, 2.75) is 56.6 Å². The number of pyridine rings is 2. The Labute approximate surface area is 342 Å². The first-order chi connectivity index (χ1) is 28.4. The lowest BCUT2D eigenvalue weighted by Gasteiger charge is -2.24. The molecule has 0 radical (unpaired) electrons. The summed E-state index contributed by atoms with van der Waals surface area (Å²) in [5.41, 5.74) is -2.14. The first kappa shape index (κ1) is 42.5. The normalized spacial score (nSPS) is 12.2. The van der Waals surface area contributed by atoms with Gasteiger partial charge in [0.25, 0.3) is 21.5 Å². The van der Waals surface area contributed by atoms with Crippen molar-refractivity contribution in [3.8, 4) is 5.82 Å². The molecule has 6 aromatic rings. The highest BCUT2D eigenvalue weighted by atomic mass is 32.2. The highest BCUT2D eigenvalue weighted by molar-refractivity contribution is 7.92. The number of carbonyl (C=O) groups is 3. The van der Waals surface area contributed by atoms with Gasteiger partial charge in [-0.3, -0.25) is 28.7 Å². The fourth-order valence-electron chi connectivity index (χ4n) is 6.14. The van der Waals surface area contributed by atoms with E-state index >= 15 is 8.78 Å². The summed E-state index contributed by atoms with van der Waals surface area (Å²) in [5, 5.41) is 5.32. The Balaban J connectivity index is 1.16. The third-order valence-electron chi connectivity index (χ3n) is 9.52. The molecule has 3 N–H and O–H groups in total. The Kier molecular flexibility index (Phi) is 12.1. The number of aromatic nitrogens is 4. The molecule has 3 aromatic carbocycles. The maximum atomic E-state index is 15.4. The van der Waals surface area contributed by atoms with E-state index in [-0.39, 0.29) is 28.4 Å². The molecule has 0 bridgehead atoms. The summed E-state index contributed by atoms with van der Waals surface area (Å²) in [6, 6.07) is 17.9. The number of hydrogen-bond donors (Lipinski definition) is 3. The van der Waals surface area contributed by atoms with Crippen molar-refractivity contribution in [2.24, 2.45) is 7.05 Å². The quantitative estimate of drug-likeness (QED) is 0.136. The van der Waals surface area contributed by atoms with Gasteiger partial charge in [-0.25, -0.2) is 36.3 Å². The maximum Gasteiger partial charge on any atom is 0.337 e. The van der Waals surface area contributed by atoms with Crippen LogP contribution in [-0.4, -0.2) is 57.4 Å². The van der Waals surface area contributed by atoms with E-state index in [9.17, 15) is 32.4 Å². The SMILES string of the molecule is CC(C)OC(=O)[C@H](Cc1ccc(-n2c(=O)c3ccncc3n(C)c2=O)nc1)NC(=O)c1cc(F)c(NS(=O)(=O)c2ccc(NC(=O)C(C)(C)c3ccccc3)cc2)cc1F. The van der Waals surface area contributed by atoms with Gasteiger partial charge >= 0.3 is 11.7 Å². The molecule has 18 heteroatoms. The van der Waals surface area contributed by atoms with Crippen molar-refractivity contribution < 1.29 is 36.3 Å². The van der Waals surface area contributed by atoms with Gasteiger partial charge < -0.3 is 15.4 Å². The van der Waals surface area contributed by atoms with Crippen LogP contribution in [0.3, 0.4) is 0 Å². The van der Waals surface area contributed by atoms with Crippen LogP contribution in [0.4, 0.5) is 20.2 Å². The molecule has 0 aliphatic heterocycles. The van der Waals surface area contributed by atoms with Crippen molar-refractivity contribution in [3.05, 3.63) is 153 Å². The third-order valence-corrected chi connectivity index (χ3v) is 10.9. The van der Waals surface area contributed by atoms with Gasteiger partial charge in [0.1, 0.15) is 23.5 Å². The highest BCUT2D eigenvalue weighted by Crippen LogP contribution is 2.27. The van der Waals surface area contributed by atoms with Gasteiger partial charge in [0.15, 0.2) is 0 Å². The average molecular weight is 840 g/mol. The Hall–Kier alpha value is -7.08. The van der Waals surface area contributed by atoms with E-state index in [1.165, 1.54) is 72.7 Å². The molecule has 310 valence electrons. The summed E-state index contributed by atoms with van der Waals surface area (Å²) in [6.45, 7) is 6.62. The lowest BCUT2D eigenvalue weighted by Crippen LogP contribution is -2.44. The molecule has 1 atom stereocenters. The van der Waals surface area contributed by atoms with Crippen LogP contribution >= 0.6 is 0 Å². The van der Waals surface area contributed by atoms with Crippen LogP contribution in [-0.2, 0) is 43.2 Å². The number of carbonyl (C=O) groups excluding carboxylic acids is 3. The molecule has 3 heterocycles. The smallest absolute Gasteiger partial charge is 0.337 e. The van der Waals surface area contributed by atoms with Crippen LogP contribution in [0.2, 0.25) is 0 Å². The fraction of sp³-hybridized carbons (Fsp3) is 0.214. The number of anilines is 2. The molecule has 2 amide bonds. The topological polar surface area (TPSA) is 200 Å². The molecule has 0 aliphatic rings. The van der Waals surface area contributed by atoms with Crippen molar-refractivity contribution >= 4 is 50.1 Å². The molecular weight excluding hydrogens is 801 g/mol. The number of benzene rings is 3. The van der Waals surface area contributed by atoms with Gasteiger partial charge in [-0.2, -0.15) is 0 Å². The molecule has 0 saturated carbocycles. The number of sulfonamides is 1. The summed E-state index contributed by atoms with van der Waals surface area (Å²) in [7, 11) is -3.02. The summed E-state index contributed by atoms with van der Waals surface area (Å²) in [4.78, 5) is 73.6. The van der Waals surface area contributed by atoms with Crippen LogP contribution in [0, 0.1) is 11.6 Å². The lowest BCUT2D eigenvalue weighted by atomic mass is 9.83. The van der Waals surface area contributed by atoms with E-state index in [0.29, 0.717) is 28.9 Å². The first-order valence-electron chi connectivity index (χ1n) is 18.4. The van der Waals surface area contributed by atoms with Crippen LogP contribution in [0.25, 0.3) is 16.7 Å². The largest absolute Gasteiger partial charge is 0.461 e.